The van der Waals surface area contributed by atoms with Gasteiger partial charge in [-0.2, -0.15) is 0 Å². The Balaban J connectivity index is 2.58. The van der Waals surface area contributed by atoms with Gasteiger partial charge in [-0.15, -0.1) is 0 Å². The van der Waals surface area contributed by atoms with Gasteiger partial charge in [-0.3, -0.25) is 4.90 Å². The van der Waals surface area contributed by atoms with Crippen LogP contribution in [0, 0.1) is 11.8 Å². The molecule has 3 heteroatoms. The van der Waals surface area contributed by atoms with Crippen LogP contribution >= 0.6 is 0 Å². The van der Waals surface area contributed by atoms with Crippen LogP contribution in [0.3, 0.4) is 0 Å². The van der Waals surface area contributed by atoms with E-state index in [1.165, 1.54) is 5.56 Å². The standard InChI is InChI=1S/C15H21NO2/c1-13(12-18-3)16(2)11-15-8-6-14(7-9-15)5-4-10-17/h6-9,13,17H,10-12H2,1-3H3. The van der Waals surface area contributed by atoms with Gasteiger partial charge in [0, 0.05) is 25.3 Å². The Morgan fingerprint density at radius 3 is 2.56 bits per heavy atom. The third-order valence-electron chi connectivity index (χ3n) is 2.86. The second kappa shape index (κ2) is 7.88. The van der Waals surface area contributed by atoms with Crippen molar-refractivity contribution in [3.63, 3.8) is 0 Å². The average molecular weight is 247 g/mol. The number of aliphatic hydroxyl groups is 1. The molecule has 1 atom stereocenters. The van der Waals surface area contributed by atoms with Gasteiger partial charge in [-0.1, -0.05) is 24.0 Å². The van der Waals surface area contributed by atoms with Gasteiger partial charge in [0.1, 0.15) is 6.61 Å². The summed E-state index contributed by atoms with van der Waals surface area (Å²) in [6.45, 7) is 3.67. The lowest BCUT2D eigenvalue weighted by atomic mass is 10.1. The lowest BCUT2D eigenvalue weighted by molar-refractivity contribution is 0.112. The van der Waals surface area contributed by atoms with Crippen molar-refractivity contribution in [2.45, 2.75) is 19.5 Å². The summed E-state index contributed by atoms with van der Waals surface area (Å²) < 4.78 is 5.14. The van der Waals surface area contributed by atoms with E-state index in [-0.39, 0.29) is 6.61 Å². The van der Waals surface area contributed by atoms with Gasteiger partial charge in [0.2, 0.25) is 0 Å². The van der Waals surface area contributed by atoms with Gasteiger partial charge in [0.05, 0.1) is 6.61 Å². The largest absolute Gasteiger partial charge is 0.384 e. The van der Waals surface area contributed by atoms with Gasteiger partial charge in [-0.25, -0.2) is 0 Å². The zero-order chi connectivity index (χ0) is 13.4. The van der Waals surface area contributed by atoms with Crippen LogP contribution < -0.4 is 0 Å². The molecule has 0 radical (unpaired) electrons. The van der Waals surface area contributed by atoms with Crippen LogP contribution in [-0.4, -0.2) is 43.4 Å². The molecule has 1 aromatic rings. The van der Waals surface area contributed by atoms with Crippen LogP contribution in [0.2, 0.25) is 0 Å². The van der Waals surface area contributed by atoms with Gasteiger partial charge in [-0.05, 0) is 31.7 Å². The van der Waals surface area contributed by atoms with E-state index in [2.05, 4.69) is 42.8 Å². The second-order valence-corrected chi connectivity index (χ2v) is 4.38. The van der Waals surface area contributed by atoms with Crippen LogP contribution in [0.5, 0.6) is 0 Å². The highest BCUT2D eigenvalue weighted by Gasteiger charge is 2.08. The molecule has 0 saturated carbocycles. The maximum Gasteiger partial charge on any atom is 0.104 e. The topological polar surface area (TPSA) is 32.7 Å². The van der Waals surface area contributed by atoms with Crippen LogP contribution in [0.15, 0.2) is 24.3 Å². The van der Waals surface area contributed by atoms with Crippen LogP contribution in [0.25, 0.3) is 0 Å². The summed E-state index contributed by atoms with van der Waals surface area (Å²) in [6.07, 6.45) is 0. The minimum atomic E-state index is -0.0982. The van der Waals surface area contributed by atoms with E-state index in [4.69, 9.17) is 9.84 Å². The van der Waals surface area contributed by atoms with Gasteiger partial charge >= 0.3 is 0 Å². The number of aliphatic hydroxyl groups excluding tert-OH is 1. The van der Waals surface area contributed by atoms with Crippen molar-refractivity contribution in [1.82, 2.24) is 4.90 Å². The van der Waals surface area contributed by atoms with Crippen molar-refractivity contribution in [2.24, 2.45) is 0 Å². The number of methoxy groups -OCH3 is 1. The first kappa shape index (κ1) is 14.7. The van der Waals surface area contributed by atoms with Crippen molar-refractivity contribution in [1.29, 1.82) is 0 Å². The van der Waals surface area contributed by atoms with E-state index in [0.717, 1.165) is 18.7 Å². The molecule has 1 aromatic carbocycles. The van der Waals surface area contributed by atoms with Crippen LogP contribution in [-0.2, 0) is 11.3 Å². The molecule has 0 spiro atoms. The molecule has 1 unspecified atom stereocenters. The Morgan fingerprint density at radius 2 is 2.00 bits per heavy atom. The third-order valence-corrected chi connectivity index (χ3v) is 2.86. The van der Waals surface area contributed by atoms with E-state index < -0.39 is 0 Å². The Hall–Kier alpha value is -1.34. The van der Waals surface area contributed by atoms with E-state index in [0.29, 0.717) is 6.04 Å². The highest BCUT2D eigenvalue weighted by Crippen LogP contribution is 2.08. The Bertz CT molecular complexity index is 403. The predicted octanol–water partition coefficient (Wildman–Crippen LogP) is 1.50. The highest BCUT2D eigenvalue weighted by molar-refractivity contribution is 5.36. The molecule has 0 amide bonds. The molecule has 0 saturated heterocycles. The highest BCUT2D eigenvalue weighted by atomic mass is 16.5. The first-order valence-corrected chi connectivity index (χ1v) is 6.05. The van der Waals surface area contributed by atoms with E-state index >= 15 is 0 Å². The molecule has 1 N–H and O–H groups in total. The maximum atomic E-state index is 8.62. The van der Waals surface area contributed by atoms with Crippen molar-refractivity contribution in [3.8, 4) is 11.8 Å². The summed E-state index contributed by atoms with van der Waals surface area (Å²) in [5, 5.41) is 8.62. The molecular weight excluding hydrogens is 226 g/mol. The van der Waals surface area contributed by atoms with E-state index in [1.54, 1.807) is 7.11 Å². The number of nitrogens with zero attached hydrogens (tertiary/aromatic N) is 1. The van der Waals surface area contributed by atoms with Crippen molar-refractivity contribution in [3.05, 3.63) is 35.4 Å². The van der Waals surface area contributed by atoms with Gasteiger partial charge < -0.3 is 9.84 Å². The van der Waals surface area contributed by atoms with E-state index in [1.807, 2.05) is 12.1 Å². The zero-order valence-corrected chi connectivity index (χ0v) is 11.3. The molecule has 0 aromatic heterocycles. The molecule has 0 aliphatic rings. The summed E-state index contributed by atoms with van der Waals surface area (Å²) in [4.78, 5) is 2.25. The summed E-state index contributed by atoms with van der Waals surface area (Å²) in [5.41, 5.74) is 2.18. The molecule has 98 valence electrons. The quantitative estimate of drug-likeness (QED) is 0.800. The van der Waals surface area contributed by atoms with Crippen molar-refractivity contribution in [2.75, 3.05) is 27.4 Å². The van der Waals surface area contributed by atoms with E-state index in [9.17, 15) is 0 Å². The third kappa shape index (κ3) is 4.89. The minimum Gasteiger partial charge on any atom is -0.384 e. The summed E-state index contributed by atoms with van der Waals surface area (Å²) >= 11 is 0. The number of rotatable bonds is 5. The molecule has 1 rings (SSSR count). The number of likely N-dealkylation sites (N-methyl/N-ethyl adjacent to an activating group) is 1. The SMILES string of the molecule is COCC(C)N(C)Cc1ccc(C#CCO)cc1. The molecule has 3 nitrogen and oxygen atoms in total. The Kier molecular flexibility index (Phi) is 6.45. The zero-order valence-electron chi connectivity index (χ0n) is 11.3. The molecule has 0 bridgehead atoms. The fourth-order valence-electron chi connectivity index (χ4n) is 1.65. The molecular formula is C15H21NO2. The smallest absolute Gasteiger partial charge is 0.104 e. The summed E-state index contributed by atoms with van der Waals surface area (Å²) in [7, 11) is 3.81. The first-order valence-electron chi connectivity index (χ1n) is 6.05. The average Bonchev–Trinajstić information content (AvgIpc) is 2.38. The van der Waals surface area contributed by atoms with Crippen molar-refractivity contribution < 1.29 is 9.84 Å². The fourth-order valence-corrected chi connectivity index (χ4v) is 1.65. The number of benzene rings is 1. The summed E-state index contributed by atoms with van der Waals surface area (Å²) in [6, 6.07) is 8.48. The molecule has 0 aliphatic carbocycles. The molecule has 0 heterocycles. The summed E-state index contributed by atoms with van der Waals surface area (Å²) in [5.74, 6) is 5.52. The monoisotopic (exact) mass is 247 g/mol. The number of ether oxygens (including phenoxy) is 1. The lowest BCUT2D eigenvalue weighted by Gasteiger charge is -2.23. The van der Waals surface area contributed by atoms with Crippen LogP contribution in [0.4, 0.5) is 0 Å². The second-order valence-electron chi connectivity index (χ2n) is 4.38. The first-order chi connectivity index (χ1) is 8.67. The van der Waals surface area contributed by atoms with Gasteiger partial charge in [0.15, 0.2) is 0 Å². The Labute approximate surface area is 109 Å². The fraction of sp³-hybridized carbons (Fsp3) is 0.467. The lowest BCUT2D eigenvalue weighted by Crippen LogP contribution is -2.32. The molecule has 0 fully saturated rings. The molecule has 18 heavy (non-hydrogen) atoms. The number of hydrogen-bond acceptors (Lipinski definition) is 3. The Morgan fingerprint density at radius 1 is 1.33 bits per heavy atom. The number of hydrogen-bond donors (Lipinski definition) is 1. The minimum absolute atomic E-state index is 0.0982. The normalized spacial score (nSPS) is 12.1. The molecule has 0 aliphatic heterocycles. The predicted molar refractivity (Wildman–Crippen MR) is 73.2 cm³/mol. The van der Waals surface area contributed by atoms with Crippen molar-refractivity contribution >= 4 is 0 Å². The van der Waals surface area contributed by atoms with Crippen LogP contribution in [0.1, 0.15) is 18.1 Å². The van der Waals surface area contributed by atoms with Gasteiger partial charge in [0.25, 0.3) is 0 Å². The maximum absolute atomic E-state index is 8.62.